The molecule has 0 radical (unpaired) electrons. The number of nitrogens with two attached hydrogens (primary N) is 6. The van der Waals surface area contributed by atoms with Crippen LogP contribution in [0, 0.1) is 0 Å². The fourth-order valence-corrected chi connectivity index (χ4v) is 10.4. The summed E-state index contributed by atoms with van der Waals surface area (Å²) in [4.78, 5) is 128. The molecule has 0 aliphatic carbocycles. The van der Waals surface area contributed by atoms with Gasteiger partial charge in [0.15, 0.2) is 0 Å². The molecule has 0 unspecified atom stereocenters. The summed E-state index contributed by atoms with van der Waals surface area (Å²) in [6.45, 7) is 1.30. The van der Waals surface area contributed by atoms with Crippen LogP contribution in [0.15, 0.2) is 103 Å². The first-order chi connectivity index (χ1) is 45.8. The van der Waals surface area contributed by atoms with Crippen molar-refractivity contribution in [3.8, 4) is 23.0 Å². The van der Waals surface area contributed by atoms with Crippen molar-refractivity contribution in [1.29, 1.82) is 0 Å². The lowest BCUT2D eigenvalue weighted by molar-refractivity contribution is -0.127. The number of nitrogens with one attached hydrogen (secondary N) is 9. The minimum atomic E-state index is -1.19. The molecule has 0 spiro atoms. The molecule has 28 nitrogen and oxygen atoms in total. The number of ether oxygens (including phenoxy) is 4. The number of anilines is 4. The number of aromatic nitrogens is 1. The summed E-state index contributed by atoms with van der Waals surface area (Å²) < 4.78 is 21.9. The molecule has 0 aliphatic heterocycles. The van der Waals surface area contributed by atoms with Crippen molar-refractivity contribution in [3.05, 3.63) is 131 Å². The number of hydrogen-bond acceptors (Lipinski definition) is 18. The Balaban J connectivity index is 1.16. The van der Waals surface area contributed by atoms with Crippen LogP contribution in [-0.2, 0) is 30.4 Å². The van der Waals surface area contributed by atoms with E-state index in [1.165, 1.54) is 101 Å². The minimum absolute atomic E-state index is 0.0278. The maximum absolute atomic E-state index is 14.4. The largest absolute Gasteiger partial charge is 0.496 e. The van der Waals surface area contributed by atoms with Crippen molar-refractivity contribution in [2.24, 2.45) is 34.4 Å². The first-order valence-corrected chi connectivity index (χ1v) is 31.4. The van der Waals surface area contributed by atoms with E-state index in [9.17, 15) is 43.2 Å². The van der Waals surface area contributed by atoms with Gasteiger partial charge in [0, 0.05) is 39.8 Å². The number of rotatable bonds is 39. The summed E-state index contributed by atoms with van der Waals surface area (Å²) in [7, 11) is 5.41. The normalized spacial score (nSPS) is 12.6. The van der Waals surface area contributed by atoms with Crippen LogP contribution in [0.3, 0.4) is 0 Å². The summed E-state index contributed by atoms with van der Waals surface area (Å²) in [5, 5.41) is 23.2. The smallest absolute Gasteiger partial charge is 0.255 e. The third-order valence-electron chi connectivity index (χ3n) is 15.6. The number of H-pyrrole nitrogens is 1. The second kappa shape index (κ2) is 37.5. The predicted octanol–water partition coefficient (Wildman–Crippen LogP) is 4.02. The molecular formula is C67H89N15O13. The summed E-state index contributed by atoms with van der Waals surface area (Å²) in [5.41, 5.74) is 37.4. The SMILES string of the molecule is COc1ccc(NC(=O)[C@H](CCCCN)NC(=O)c2cc(NC(=O)[C@H](CCCCN)NC(=O)c3cc(NC(=O)[C@H](CCCCN)NC(=O)c4cc(NC(=O)[C@H](CCCCN)NC(=O)[C@@H](N)Cc5c[nH]c6ccccc56)ccc4OC)ccc3OC)ccc2OC)cc1C(N)=O. The zero-order chi connectivity index (χ0) is 69.0. The molecule has 28 heteroatoms. The summed E-state index contributed by atoms with van der Waals surface area (Å²) in [6.07, 6.45) is 6.62. The van der Waals surface area contributed by atoms with Gasteiger partial charge < -0.3 is 101 Å². The van der Waals surface area contributed by atoms with E-state index < -0.39 is 83.4 Å². The topological polar surface area (TPSA) is 459 Å². The average molecular weight is 1310 g/mol. The molecule has 1 heterocycles. The van der Waals surface area contributed by atoms with Crippen molar-refractivity contribution in [3.63, 3.8) is 0 Å². The second-order valence-corrected chi connectivity index (χ2v) is 22.4. The number of benzene rings is 5. The molecule has 510 valence electrons. The molecule has 5 atom stereocenters. The molecular weight excluding hydrogens is 1220 g/mol. The standard InChI is InChI=1S/C67H89N15O13/c1-92-55-25-21-40(34-45(55)59(73)83)75-64(88)51(17-7-11-29-68)79-60(84)46-35-41(22-26-56(46)93-2)76-65(89)52(18-8-12-30-69)80-61(85)47-36-42(23-27-57(47)94-3)77-66(90)53(19-9-13-31-70)81-62(86)48-37-43(24-28-58(48)95-4)78-67(91)54(20-10-14-32-71)82-63(87)49(72)33-39-38-74-50-16-6-5-15-44(39)50/h5-6,15-16,21-28,34-38,49,51-54,74H,7-14,17-20,29-33,68-72H2,1-4H3,(H2,73,83)(H,75,88)(H,76,89)(H,77,90)(H,78,91)(H,79,84)(H,80,85)(H,81,86)(H,82,87)/t49-,51-,52-,53-,54-/m0/s1. The van der Waals surface area contributed by atoms with Crippen LogP contribution in [-0.4, -0.2) is 143 Å². The predicted molar refractivity (Wildman–Crippen MR) is 362 cm³/mol. The van der Waals surface area contributed by atoms with Gasteiger partial charge in [0.25, 0.3) is 23.6 Å². The van der Waals surface area contributed by atoms with Gasteiger partial charge in [-0.25, -0.2) is 0 Å². The Labute approximate surface area is 551 Å². The van der Waals surface area contributed by atoms with E-state index in [0.717, 1.165) is 16.5 Å². The van der Waals surface area contributed by atoms with Gasteiger partial charge in [0.1, 0.15) is 47.2 Å². The third-order valence-corrected chi connectivity index (χ3v) is 15.6. The Bertz CT molecular complexity index is 3640. The lowest BCUT2D eigenvalue weighted by Crippen LogP contribution is -2.50. The van der Waals surface area contributed by atoms with Crippen LogP contribution in [0.5, 0.6) is 23.0 Å². The van der Waals surface area contributed by atoms with Crippen molar-refractivity contribution < 1.29 is 62.1 Å². The van der Waals surface area contributed by atoms with Crippen LogP contribution < -0.4 is 95.9 Å². The average Bonchev–Trinajstić information content (AvgIpc) is 1.22. The van der Waals surface area contributed by atoms with Crippen LogP contribution in [0.4, 0.5) is 22.7 Å². The molecule has 0 aliphatic rings. The zero-order valence-corrected chi connectivity index (χ0v) is 54.0. The van der Waals surface area contributed by atoms with Crippen molar-refractivity contribution in [2.45, 2.75) is 114 Å². The minimum Gasteiger partial charge on any atom is -0.496 e. The Morgan fingerprint density at radius 2 is 0.726 bits per heavy atom. The Morgan fingerprint density at radius 1 is 0.411 bits per heavy atom. The number of para-hydroxylation sites is 1. The Hall–Kier alpha value is -10.1. The van der Waals surface area contributed by atoms with Crippen molar-refractivity contribution in [1.82, 2.24) is 26.3 Å². The van der Waals surface area contributed by atoms with Crippen LogP contribution in [0.2, 0.25) is 0 Å². The van der Waals surface area contributed by atoms with E-state index in [-0.39, 0.29) is 100 Å². The molecule has 0 saturated carbocycles. The number of carbonyl (C=O) groups excluding carboxylic acids is 9. The number of unbranched alkanes of at least 4 members (excludes halogenated alkanes) is 4. The highest BCUT2D eigenvalue weighted by molar-refractivity contribution is 6.08. The molecule has 21 N–H and O–H groups in total. The first-order valence-electron chi connectivity index (χ1n) is 31.4. The third kappa shape index (κ3) is 21.5. The highest BCUT2D eigenvalue weighted by Gasteiger charge is 2.30. The van der Waals surface area contributed by atoms with Crippen molar-refractivity contribution in [2.75, 3.05) is 75.9 Å². The Morgan fingerprint density at radius 3 is 1.05 bits per heavy atom. The maximum Gasteiger partial charge on any atom is 0.255 e. The molecule has 0 bridgehead atoms. The summed E-state index contributed by atoms with van der Waals surface area (Å²) in [5.74, 6) is -5.55. The van der Waals surface area contributed by atoms with Crippen LogP contribution in [0.1, 0.15) is 124 Å². The zero-order valence-electron chi connectivity index (χ0n) is 54.0. The molecule has 0 saturated heterocycles. The fraction of sp³-hybridized carbons (Fsp3) is 0.388. The quantitative estimate of drug-likeness (QED) is 0.0242. The number of aromatic amines is 1. The van der Waals surface area contributed by atoms with Gasteiger partial charge in [-0.2, -0.15) is 0 Å². The van der Waals surface area contributed by atoms with Gasteiger partial charge in [-0.05, 0) is 194 Å². The van der Waals surface area contributed by atoms with E-state index >= 15 is 0 Å². The van der Waals surface area contributed by atoms with Gasteiger partial charge in [0.05, 0.1) is 56.7 Å². The molecule has 0 fully saturated rings. The molecule has 9 amide bonds. The fourth-order valence-electron chi connectivity index (χ4n) is 10.4. The second-order valence-electron chi connectivity index (χ2n) is 22.4. The number of hydrogen-bond donors (Lipinski definition) is 15. The molecule has 95 heavy (non-hydrogen) atoms. The van der Waals surface area contributed by atoms with Gasteiger partial charge in [-0.3, -0.25) is 43.2 Å². The number of methoxy groups -OCH3 is 4. The highest BCUT2D eigenvalue weighted by Crippen LogP contribution is 2.29. The van der Waals surface area contributed by atoms with E-state index in [1.54, 1.807) is 6.20 Å². The Kier molecular flexibility index (Phi) is 29.2. The summed E-state index contributed by atoms with van der Waals surface area (Å²) >= 11 is 0. The van der Waals surface area contributed by atoms with E-state index in [1.807, 2.05) is 24.3 Å². The maximum atomic E-state index is 14.4. The van der Waals surface area contributed by atoms with Gasteiger partial charge in [-0.15, -0.1) is 0 Å². The van der Waals surface area contributed by atoms with E-state index in [2.05, 4.69) is 47.5 Å². The first kappa shape index (κ1) is 73.9. The number of primary amides is 1. The molecule has 5 aromatic carbocycles. The van der Waals surface area contributed by atoms with Crippen molar-refractivity contribution >= 4 is 86.8 Å². The number of fused-ring (bicyclic) bond motifs is 1. The van der Waals surface area contributed by atoms with Crippen LogP contribution >= 0.6 is 0 Å². The summed E-state index contributed by atoms with van der Waals surface area (Å²) in [6, 6.07) is 19.5. The number of carbonyl (C=O) groups is 9. The lowest BCUT2D eigenvalue weighted by Gasteiger charge is -2.22. The van der Waals surface area contributed by atoms with Gasteiger partial charge in [-0.1, -0.05) is 18.2 Å². The molecule has 6 rings (SSSR count). The molecule has 6 aromatic rings. The van der Waals surface area contributed by atoms with E-state index in [0.29, 0.717) is 77.5 Å². The van der Waals surface area contributed by atoms with Crippen LogP contribution in [0.25, 0.3) is 10.9 Å². The molecule has 1 aromatic heterocycles. The van der Waals surface area contributed by atoms with E-state index in [4.69, 9.17) is 53.3 Å². The number of amides is 9. The monoisotopic (exact) mass is 1310 g/mol. The highest BCUT2D eigenvalue weighted by atomic mass is 16.5. The van der Waals surface area contributed by atoms with Gasteiger partial charge in [0.2, 0.25) is 29.5 Å². The van der Waals surface area contributed by atoms with Gasteiger partial charge >= 0.3 is 0 Å². The lowest BCUT2D eigenvalue weighted by atomic mass is 10.0.